The van der Waals surface area contributed by atoms with Crippen molar-refractivity contribution in [2.24, 2.45) is 5.92 Å². The summed E-state index contributed by atoms with van der Waals surface area (Å²) in [4.78, 5) is 31.0. The van der Waals surface area contributed by atoms with Gasteiger partial charge in [0, 0.05) is 6.08 Å². The zero-order chi connectivity index (χ0) is 13.4. The average molecular weight is 248 g/mol. The van der Waals surface area contributed by atoms with Crippen LogP contribution in [-0.2, 0) is 19.4 Å². The van der Waals surface area contributed by atoms with Gasteiger partial charge in [0.25, 0.3) is 0 Å². The fourth-order valence-electron chi connectivity index (χ4n) is 1.21. The number of carbonyl (C=O) groups is 2. The summed E-state index contributed by atoms with van der Waals surface area (Å²) in [7, 11) is 0. The van der Waals surface area contributed by atoms with Crippen molar-refractivity contribution in [3.8, 4) is 0 Å². The Balaban J connectivity index is 2.34. The summed E-state index contributed by atoms with van der Waals surface area (Å²) in [6.07, 6.45) is 3.01. The molecule has 0 N–H and O–H groups in total. The van der Waals surface area contributed by atoms with Gasteiger partial charge in [0.1, 0.15) is 0 Å². The van der Waals surface area contributed by atoms with Crippen LogP contribution in [0.25, 0.3) is 6.08 Å². The first kappa shape index (κ1) is 14.0. The molecule has 0 aliphatic carbocycles. The van der Waals surface area contributed by atoms with E-state index in [1.54, 1.807) is 6.08 Å². The van der Waals surface area contributed by atoms with Crippen molar-refractivity contribution in [2.75, 3.05) is 0 Å². The molecular weight excluding hydrogens is 232 g/mol. The van der Waals surface area contributed by atoms with Gasteiger partial charge in [0.2, 0.25) is 0 Å². The summed E-state index contributed by atoms with van der Waals surface area (Å²) in [5.41, 5.74) is 0.864. The van der Waals surface area contributed by atoms with Crippen molar-refractivity contribution in [3.05, 3.63) is 42.0 Å². The predicted molar refractivity (Wildman–Crippen MR) is 67.1 cm³/mol. The minimum absolute atomic E-state index is 0.163. The molecule has 0 atom stereocenters. The van der Waals surface area contributed by atoms with E-state index < -0.39 is 11.9 Å². The SMILES string of the molecule is CC(C)CC(=O)OOC(=O)/C=C/c1ccccc1. The summed E-state index contributed by atoms with van der Waals surface area (Å²) >= 11 is 0. The van der Waals surface area contributed by atoms with E-state index in [1.165, 1.54) is 6.08 Å². The minimum atomic E-state index is -0.712. The third-order valence-corrected chi connectivity index (χ3v) is 2.00. The third kappa shape index (κ3) is 5.84. The highest BCUT2D eigenvalue weighted by Gasteiger charge is 2.09. The van der Waals surface area contributed by atoms with Gasteiger partial charge in [-0.05, 0) is 17.6 Å². The first-order chi connectivity index (χ1) is 8.58. The minimum Gasteiger partial charge on any atom is -0.247 e. The molecule has 1 aromatic carbocycles. The van der Waals surface area contributed by atoms with Crippen LogP contribution in [0.3, 0.4) is 0 Å². The quantitative estimate of drug-likeness (QED) is 0.467. The second-order valence-corrected chi connectivity index (χ2v) is 4.20. The van der Waals surface area contributed by atoms with E-state index >= 15 is 0 Å². The predicted octanol–water partition coefficient (Wildman–Crippen LogP) is 2.75. The largest absolute Gasteiger partial charge is 0.379 e. The zero-order valence-corrected chi connectivity index (χ0v) is 10.5. The maximum atomic E-state index is 11.2. The summed E-state index contributed by atoms with van der Waals surface area (Å²) in [6, 6.07) is 9.27. The lowest BCUT2D eigenvalue weighted by molar-refractivity contribution is -0.255. The molecule has 1 aromatic rings. The Morgan fingerprint density at radius 2 is 1.83 bits per heavy atom. The molecule has 4 nitrogen and oxygen atoms in total. The Morgan fingerprint density at radius 1 is 1.17 bits per heavy atom. The van der Waals surface area contributed by atoms with Crippen molar-refractivity contribution < 1.29 is 19.4 Å². The van der Waals surface area contributed by atoms with Gasteiger partial charge >= 0.3 is 11.9 Å². The molecule has 1 rings (SSSR count). The number of benzene rings is 1. The van der Waals surface area contributed by atoms with E-state index in [4.69, 9.17) is 0 Å². The number of hydrogen-bond donors (Lipinski definition) is 0. The molecule has 0 aliphatic rings. The Hall–Kier alpha value is -2.10. The normalized spacial score (nSPS) is 10.6. The molecule has 0 aliphatic heterocycles. The van der Waals surface area contributed by atoms with Crippen LogP contribution in [0.5, 0.6) is 0 Å². The van der Waals surface area contributed by atoms with Gasteiger partial charge in [0.05, 0.1) is 6.42 Å². The fraction of sp³-hybridized carbons (Fsp3) is 0.286. The van der Waals surface area contributed by atoms with Crippen molar-refractivity contribution >= 4 is 18.0 Å². The summed E-state index contributed by atoms with van der Waals surface area (Å²) in [6.45, 7) is 3.75. The maximum absolute atomic E-state index is 11.2. The van der Waals surface area contributed by atoms with Crippen LogP contribution in [0.4, 0.5) is 0 Å². The maximum Gasteiger partial charge on any atom is 0.379 e. The lowest BCUT2D eigenvalue weighted by Gasteiger charge is -2.02. The van der Waals surface area contributed by atoms with Crippen LogP contribution in [0.2, 0.25) is 0 Å². The van der Waals surface area contributed by atoms with E-state index in [0.717, 1.165) is 5.56 Å². The molecule has 96 valence electrons. The second kappa shape index (κ2) is 7.27. The van der Waals surface area contributed by atoms with Gasteiger partial charge in [-0.15, -0.1) is 0 Å². The van der Waals surface area contributed by atoms with Crippen LogP contribution in [-0.4, -0.2) is 11.9 Å². The van der Waals surface area contributed by atoms with Crippen LogP contribution >= 0.6 is 0 Å². The van der Waals surface area contributed by atoms with E-state index in [2.05, 4.69) is 9.78 Å². The molecular formula is C14H16O4. The highest BCUT2D eigenvalue weighted by Crippen LogP contribution is 2.03. The highest BCUT2D eigenvalue weighted by molar-refractivity contribution is 5.87. The molecule has 0 heterocycles. The summed E-state index contributed by atoms with van der Waals surface area (Å²) in [5.74, 6) is -1.10. The lowest BCUT2D eigenvalue weighted by Crippen LogP contribution is -2.11. The molecule has 0 saturated carbocycles. The van der Waals surface area contributed by atoms with Gasteiger partial charge in [-0.2, -0.15) is 0 Å². The summed E-state index contributed by atoms with van der Waals surface area (Å²) in [5, 5.41) is 0. The van der Waals surface area contributed by atoms with Gasteiger partial charge in [-0.3, -0.25) is 0 Å². The summed E-state index contributed by atoms with van der Waals surface area (Å²) < 4.78 is 0. The Labute approximate surface area is 106 Å². The van der Waals surface area contributed by atoms with Gasteiger partial charge in [-0.1, -0.05) is 44.2 Å². The van der Waals surface area contributed by atoms with Crippen LogP contribution in [0.15, 0.2) is 36.4 Å². The van der Waals surface area contributed by atoms with E-state index in [-0.39, 0.29) is 12.3 Å². The van der Waals surface area contributed by atoms with Crippen LogP contribution < -0.4 is 0 Å². The molecule has 0 spiro atoms. The molecule has 0 fully saturated rings. The average Bonchev–Trinajstić information content (AvgIpc) is 2.34. The molecule has 18 heavy (non-hydrogen) atoms. The van der Waals surface area contributed by atoms with E-state index in [0.29, 0.717) is 0 Å². The molecule has 0 saturated heterocycles. The first-order valence-corrected chi connectivity index (χ1v) is 5.72. The van der Waals surface area contributed by atoms with Crippen LogP contribution in [0, 0.1) is 5.92 Å². The molecule has 0 aromatic heterocycles. The Morgan fingerprint density at radius 3 is 2.44 bits per heavy atom. The lowest BCUT2D eigenvalue weighted by atomic mass is 10.1. The topological polar surface area (TPSA) is 52.6 Å². The van der Waals surface area contributed by atoms with E-state index in [1.807, 2.05) is 44.2 Å². The molecule has 0 amide bonds. The Kier molecular flexibility index (Phi) is 5.64. The van der Waals surface area contributed by atoms with Gasteiger partial charge in [-0.25, -0.2) is 19.4 Å². The standard InChI is InChI=1S/C14H16O4/c1-11(2)10-14(16)18-17-13(15)9-8-12-6-4-3-5-7-12/h3-9,11H,10H2,1-2H3/b9-8+. The van der Waals surface area contributed by atoms with Crippen molar-refractivity contribution in [2.45, 2.75) is 20.3 Å². The smallest absolute Gasteiger partial charge is 0.247 e. The molecule has 0 radical (unpaired) electrons. The number of rotatable bonds is 4. The number of hydrogen-bond acceptors (Lipinski definition) is 4. The van der Waals surface area contributed by atoms with Gasteiger partial charge in [0.15, 0.2) is 0 Å². The highest BCUT2D eigenvalue weighted by atomic mass is 17.2. The van der Waals surface area contributed by atoms with Crippen molar-refractivity contribution in [1.29, 1.82) is 0 Å². The van der Waals surface area contributed by atoms with Crippen molar-refractivity contribution in [3.63, 3.8) is 0 Å². The molecule has 4 heteroatoms. The monoisotopic (exact) mass is 248 g/mol. The third-order valence-electron chi connectivity index (χ3n) is 2.00. The van der Waals surface area contributed by atoms with E-state index in [9.17, 15) is 9.59 Å². The molecule has 0 bridgehead atoms. The van der Waals surface area contributed by atoms with Crippen molar-refractivity contribution in [1.82, 2.24) is 0 Å². The first-order valence-electron chi connectivity index (χ1n) is 5.72. The Bertz CT molecular complexity index is 421. The molecule has 0 unspecified atom stereocenters. The number of carbonyl (C=O) groups excluding carboxylic acids is 2. The van der Waals surface area contributed by atoms with Gasteiger partial charge < -0.3 is 0 Å². The van der Waals surface area contributed by atoms with Crippen LogP contribution in [0.1, 0.15) is 25.8 Å². The fourth-order valence-corrected chi connectivity index (χ4v) is 1.21. The second-order valence-electron chi connectivity index (χ2n) is 4.20. The zero-order valence-electron chi connectivity index (χ0n) is 10.5.